The van der Waals surface area contributed by atoms with Crippen molar-refractivity contribution >= 4 is 22.4 Å². The number of rotatable bonds is 5. The number of methoxy groups -OCH3 is 1. The van der Waals surface area contributed by atoms with E-state index in [1.165, 1.54) is 0 Å². The summed E-state index contributed by atoms with van der Waals surface area (Å²) in [5.41, 5.74) is 2.73. The summed E-state index contributed by atoms with van der Waals surface area (Å²) in [6, 6.07) is 11.6. The fraction of sp³-hybridized carbons (Fsp3) is 0.200. The highest BCUT2D eigenvalue weighted by molar-refractivity contribution is 7.90. The van der Waals surface area contributed by atoms with Gasteiger partial charge in [0.2, 0.25) is 0 Å². The summed E-state index contributed by atoms with van der Waals surface area (Å²) in [5.74, 6) is 0.785. The third kappa shape index (κ3) is 2.86. The maximum Gasteiger partial charge on any atom is 0.359 e. The zero-order chi connectivity index (χ0) is 15.5. The molecule has 3 aromatic rings. The van der Waals surface area contributed by atoms with Gasteiger partial charge in [-0.25, -0.2) is 4.52 Å². The van der Waals surface area contributed by atoms with Gasteiger partial charge in [0.25, 0.3) is 0 Å². The first-order valence-corrected chi connectivity index (χ1v) is 8.29. The van der Waals surface area contributed by atoms with Gasteiger partial charge >= 0.3 is 5.16 Å². The molecule has 0 saturated carbocycles. The lowest BCUT2D eigenvalue weighted by Gasteiger charge is -2.10. The molecule has 1 atom stereocenters. The van der Waals surface area contributed by atoms with Crippen molar-refractivity contribution in [2.24, 2.45) is 0 Å². The maximum atomic E-state index is 11.5. The molecule has 0 spiro atoms. The Bertz CT molecular complexity index is 788. The van der Waals surface area contributed by atoms with Gasteiger partial charge in [0.15, 0.2) is 0 Å². The molecule has 0 aliphatic carbocycles. The molecule has 22 heavy (non-hydrogen) atoms. The first-order chi connectivity index (χ1) is 10.7. The van der Waals surface area contributed by atoms with Crippen molar-refractivity contribution in [1.82, 2.24) is 14.6 Å². The topological polar surface area (TPSA) is 74.5 Å². The second kappa shape index (κ2) is 6.25. The zero-order valence-electron chi connectivity index (χ0n) is 12.3. The van der Waals surface area contributed by atoms with E-state index in [0.717, 1.165) is 22.6 Å². The number of anilines is 1. The normalized spacial score (nSPS) is 12.3. The highest BCUT2D eigenvalue weighted by atomic mass is 32.2. The molecule has 1 N–H and O–H groups in total. The lowest BCUT2D eigenvalue weighted by atomic mass is 10.3. The van der Waals surface area contributed by atoms with E-state index < -0.39 is 11.2 Å². The number of ether oxygens (including phenoxy) is 1. The first kappa shape index (κ1) is 14.7. The van der Waals surface area contributed by atoms with Gasteiger partial charge in [-0.05, 0) is 24.3 Å². The van der Waals surface area contributed by atoms with Crippen molar-refractivity contribution < 1.29 is 9.29 Å². The average molecular weight is 316 g/mol. The smallest absolute Gasteiger partial charge is 0.359 e. The Labute approximate surface area is 131 Å². The molecule has 2 heterocycles. The van der Waals surface area contributed by atoms with Gasteiger partial charge in [-0.2, -0.15) is 4.98 Å². The van der Waals surface area contributed by atoms with Crippen LogP contribution in [-0.4, -0.2) is 32.5 Å². The summed E-state index contributed by atoms with van der Waals surface area (Å²) >= 11 is -1.21. The molecule has 7 heteroatoms. The van der Waals surface area contributed by atoms with Crippen molar-refractivity contribution in [3.63, 3.8) is 0 Å². The summed E-state index contributed by atoms with van der Waals surface area (Å²) < 4.78 is 18.6. The highest BCUT2D eigenvalue weighted by Gasteiger charge is 2.12. The van der Waals surface area contributed by atoms with Gasteiger partial charge in [0.1, 0.15) is 12.0 Å². The van der Waals surface area contributed by atoms with Crippen LogP contribution in [0.1, 0.15) is 5.69 Å². The number of nitrogens with one attached hydrogen (secondary N) is 1. The van der Waals surface area contributed by atoms with Crippen molar-refractivity contribution in [2.75, 3.05) is 18.7 Å². The van der Waals surface area contributed by atoms with Crippen LogP contribution < -0.4 is 10.1 Å². The monoisotopic (exact) mass is 316 g/mol. The molecular weight excluding hydrogens is 300 g/mol. The standard InChI is InChI=1S/C15H16N4O2S/c1-21-14-6-4-3-5-13(14)16-9-11-7-8-12-10-17-15(22(2)20)18-19(11)12/h3-8,10,16H,9H2,1-2H3. The van der Waals surface area contributed by atoms with Gasteiger partial charge < -0.3 is 14.6 Å². The SMILES string of the molecule is COc1ccccc1NCc1ccc2cnc([S+](C)[O-])nn12. The molecule has 0 saturated heterocycles. The van der Waals surface area contributed by atoms with E-state index in [4.69, 9.17) is 4.74 Å². The van der Waals surface area contributed by atoms with Gasteiger partial charge in [-0.1, -0.05) is 17.2 Å². The minimum Gasteiger partial charge on any atom is -0.609 e. The van der Waals surface area contributed by atoms with E-state index in [-0.39, 0.29) is 0 Å². The maximum absolute atomic E-state index is 11.5. The average Bonchev–Trinajstić information content (AvgIpc) is 2.95. The van der Waals surface area contributed by atoms with E-state index >= 15 is 0 Å². The molecule has 1 unspecified atom stereocenters. The highest BCUT2D eigenvalue weighted by Crippen LogP contribution is 2.23. The summed E-state index contributed by atoms with van der Waals surface area (Å²) in [6.45, 7) is 0.571. The van der Waals surface area contributed by atoms with Crippen LogP contribution in [-0.2, 0) is 17.7 Å². The van der Waals surface area contributed by atoms with Crippen molar-refractivity contribution in [1.29, 1.82) is 0 Å². The fourth-order valence-corrected chi connectivity index (χ4v) is 2.58. The third-order valence-electron chi connectivity index (χ3n) is 3.28. The van der Waals surface area contributed by atoms with E-state index in [2.05, 4.69) is 15.4 Å². The van der Waals surface area contributed by atoms with Crippen LogP contribution in [0, 0.1) is 0 Å². The van der Waals surface area contributed by atoms with Crippen LogP contribution in [0.15, 0.2) is 47.8 Å². The Morgan fingerprint density at radius 3 is 2.86 bits per heavy atom. The number of hydrogen-bond acceptors (Lipinski definition) is 5. The van der Waals surface area contributed by atoms with Gasteiger partial charge in [-0.15, -0.1) is 0 Å². The van der Waals surface area contributed by atoms with Crippen LogP contribution in [0.2, 0.25) is 0 Å². The Morgan fingerprint density at radius 1 is 1.27 bits per heavy atom. The Morgan fingerprint density at radius 2 is 2.09 bits per heavy atom. The predicted molar refractivity (Wildman–Crippen MR) is 85.6 cm³/mol. The first-order valence-electron chi connectivity index (χ1n) is 6.73. The van der Waals surface area contributed by atoms with Gasteiger partial charge in [-0.3, -0.25) is 0 Å². The number of nitrogens with zero attached hydrogens (tertiary/aromatic N) is 3. The lowest BCUT2D eigenvalue weighted by Crippen LogP contribution is -2.10. The number of para-hydroxylation sites is 2. The number of fused-ring (bicyclic) bond motifs is 1. The van der Waals surface area contributed by atoms with E-state index in [1.54, 1.807) is 24.1 Å². The Hall–Kier alpha value is -2.25. The van der Waals surface area contributed by atoms with Crippen LogP contribution in [0.3, 0.4) is 0 Å². The van der Waals surface area contributed by atoms with E-state index in [1.807, 2.05) is 36.4 Å². The minimum atomic E-state index is -1.21. The molecule has 6 nitrogen and oxygen atoms in total. The Kier molecular flexibility index (Phi) is 4.17. The molecule has 2 aromatic heterocycles. The second-order valence-electron chi connectivity index (χ2n) is 4.71. The molecule has 0 radical (unpaired) electrons. The molecule has 0 bridgehead atoms. The fourth-order valence-electron chi connectivity index (χ4n) is 2.18. The number of benzene rings is 1. The van der Waals surface area contributed by atoms with Gasteiger partial charge in [0.05, 0.1) is 36.7 Å². The molecule has 0 aliphatic heterocycles. The molecule has 3 rings (SSSR count). The number of aromatic nitrogens is 3. The van der Waals surface area contributed by atoms with Crippen LogP contribution in [0.5, 0.6) is 5.75 Å². The summed E-state index contributed by atoms with van der Waals surface area (Å²) in [7, 11) is 1.64. The summed E-state index contributed by atoms with van der Waals surface area (Å²) in [4.78, 5) is 4.09. The quantitative estimate of drug-likeness (QED) is 0.730. The van der Waals surface area contributed by atoms with Gasteiger partial charge in [0, 0.05) is 11.2 Å². The lowest BCUT2D eigenvalue weighted by molar-refractivity contribution is 0.416. The van der Waals surface area contributed by atoms with Crippen LogP contribution in [0.25, 0.3) is 5.52 Å². The predicted octanol–water partition coefficient (Wildman–Crippen LogP) is 2.09. The van der Waals surface area contributed by atoms with Crippen molar-refractivity contribution in [3.05, 3.63) is 48.3 Å². The van der Waals surface area contributed by atoms with Crippen molar-refractivity contribution in [3.8, 4) is 5.75 Å². The largest absolute Gasteiger partial charge is 0.609 e. The minimum absolute atomic E-state index is 0.322. The zero-order valence-corrected chi connectivity index (χ0v) is 13.1. The molecule has 1 aromatic carbocycles. The number of hydrogen-bond donors (Lipinski definition) is 1. The molecule has 0 fully saturated rings. The van der Waals surface area contributed by atoms with E-state index in [9.17, 15) is 4.55 Å². The molecule has 0 amide bonds. The Balaban J connectivity index is 1.86. The molecule has 114 valence electrons. The van der Waals surface area contributed by atoms with Crippen LogP contribution >= 0.6 is 0 Å². The summed E-state index contributed by atoms with van der Waals surface area (Å²) in [6.07, 6.45) is 3.24. The van der Waals surface area contributed by atoms with E-state index in [0.29, 0.717) is 11.7 Å². The second-order valence-corrected chi connectivity index (χ2v) is 5.98. The third-order valence-corrected chi connectivity index (χ3v) is 3.98. The summed E-state index contributed by atoms with van der Waals surface area (Å²) in [5, 5.41) is 7.97. The molecular formula is C15H16N4O2S. The molecule has 0 aliphatic rings. The van der Waals surface area contributed by atoms with Crippen molar-refractivity contribution in [2.45, 2.75) is 11.7 Å². The van der Waals surface area contributed by atoms with Crippen LogP contribution in [0.4, 0.5) is 5.69 Å².